The minimum atomic E-state index is -4.35. The standard InChI is InChI=1S/C45H84O3S.K/c1-2-3-4-5-6-7-8-9-10-11-12-13-14-15-16-17-18-19-20-21-22-23-24-25-26-27-28-29-30-31-32-33-34-35-36-37-38-40-44-41-39-42-45(43-44)49(46,47)48;/h39,41-43H,2-38,40H2,1H3,(H,46,47,48);/q;+1/p-1. The Morgan fingerprint density at radius 1 is 0.400 bits per heavy atom. The summed E-state index contributed by atoms with van der Waals surface area (Å²) in [5.74, 6) is 0. The monoisotopic (exact) mass is 743 g/mol. The van der Waals surface area contributed by atoms with Gasteiger partial charge in [-0.3, -0.25) is 0 Å². The van der Waals surface area contributed by atoms with Crippen molar-refractivity contribution in [3.63, 3.8) is 0 Å². The van der Waals surface area contributed by atoms with Gasteiger partial charge in [0.2, 0.25) is 0 Å². The maximum absolute atomic E-state index is 11.2. The number of benzene rings is 1. The Hall–Kier alpha value is 0.766. The molecule has 5 heteroatoms. The molecule has 1 rings (SSSR count). The second-order valence-electron chi connectivity index (χ2n) is 15.6. The molecule has 0 aromatic heterocycles. The molecule has 3 nitrogen and oxygen atoms in total. The van der Waals surface area contributed by atoms with Crippen molar-refractivity contribution in [3.8, 4) is 0 Å². The van der Waals surface area contributed by atoms with Crippen molar-refractivity contribution >= 4 is 10.1 Å². The van der Waals surface area contributed by atoms with Crippen LogP contribution in [0.25, 0.3) is 0 Å². The third kappa shape index (κ3) is 35.8. The van der Waals surface area contributed by atoms with Crippen molar-refractivity contribution < 1.29 is 64.4 Å². The van der Waals surface area contributed by atoms with E-state index in [2.05, 4.69) is 6.92 Å². The molecule has 0 heterocycles. The summed E-state index contributed by atoms with van der Waals surface area (Å²) in [5.41, 5.74) is 0.952. The fourth-order valence-corrected chi connectivity index (χ4v) is 7.99. The summed E-state index contributed by atoms with van der Waals surface area (Å²) in [6, 6.07) is 6.51. The van der Waals surface area contributed by atoms with Crippen LogP contribution in [-0.4, -0.2) is 13.0 Å². The van der Waals surface area contributed by atoms with Gasteiger partial charge in [0.05, 0.1) is 4.90 Å². The maximum atomic E-state index is 11.2. The Morgan fingerprint density at radius 3 is 0.880 bits per heavy atom. The quantitative estimate of drug-likeness (QED) is 0.0383. The molecule has 1 aromatic rings. The molecule has 0 atom stereocenters. The van der Waals surface area contributed by atoms with E-state index in [-0.39, 0.29) is 56.3 Å². The third-order valence-corrected chi connectivity index (χ3v) is 11.6. The fraction of sp³-hybridized carbons (Fsp3) is 0.867. The van der Waals surface area contributed by atoms with Crippen molar-refractivity contribution in [2.24, 2.45) is 0 Å². The van der Waals surface area contributed by atoms with Gasteiger partial charge in [0.1, 0.15) is 10.1 Å². The zero-order chi connectivity index (χ0) is 35.4. The molecular formula is C45H83KO3S. The number of aryl methyl sites for hydroxylation is 1. The smallest absolute Gasteiger partial charge is 0.744 e. The van der Waals surface area contributed by atoms with Gasteiger partial charge in [0.15, 0.2) is 0 Å². The van der Waals surface area contributed by atoms with Gasteiger partial charge in [-0.25, -0.2) is 8.42 Å². The van der Waals surface area contributed by atoms with Gasteiger partial charge in [0.25, 0.3) is 0 Å². The van der Waals surface area contributed by atoms with Crippen LogP contribution in [-0.2, 0) is 16.5 Å². The van der Waals surface area contributed by atoms with E-state index in [0.29, 0.717) is 0 Å². The molecule has 0 aliphatic heterocycles. The molecule has 50 heavy (non-hydrogen) atoms. The molecule has 0 amide bonds. The Kier molecular flexibility index (Phi) is 40.1. The molecule has 0 unspecified atom stereocenters. The van der Waals surface area contributed by atoms with Crippen LogP contribution in [0.3, 0.4) is 0 Å². The minimum Gasteiger partial charge on any atom is -0.744 e. The average molecular weight is 743 g/mol. The van der Waals surface area contributed by atoms with E-state index < -0.39 is 10.1 Å². The molecule has 0 N–H and O–H groups in total. The van der Waals surface area contributed by atoms with Crippen LogP contribution in [0, 0.1) is 0 Å². The van der Waals surface area contributed by atoms with Crippen LogP contribution in [0.15, 0.2) is 29.2 Å². The summed E-state index contributed by atoms with van der Waals surface area (Å²) in [6.45, 7) is 2.30. The normalized spacial score (nSPS) is 11.6. The SMILES string of the molecule is CCCCCCCCCCCCCCCCCCCCCCCCCCCCCCCCCCCCCCCc1cccc(S(=O)(=O)[O-])c1.[K+]. The molecule has 0 saturated carbocycles. The summed E-state index contributed by atoms with van der Waals surface area (Å²) in [4.78, 5) is -0.105. The van der Waals surface area contributed by atoms with Gasteiger partial charge in [-0.15, -0.1) is 0 Å². The van der Waals surface area contributed by atoms with E-state index in [1.807, 2.05) is 6.07 Å². The minimum absolute atomic E-state index is 0. The van der Waals surface area contributed by atoms with Crippen molar-refractivity contribution in [1.82, 2.24) is 0 Å². The van der Waals surface area contributed by atoms with Crippen molar-refractivity contribution in [1.29, 1.82) is 0 Å². The first-order chi connectivity index (χ1) is 24.0. The summed E-state index contributed by atoms with van der Waals surface area (Å²) in [6.07, 6.45) is 53.4. The first kappa shape index (κ1) is 50.8. The van der Waals surface area contributed by atoms with Gasteiger partial charge >= 0.3 is 51.4 Å². The van der Waals surface area contributed by atoms with Crippen LogP contribution in [0.5, 0.6) is 0 Å². The number of unbranched alkanes of at least 4 members (excludes halogenated alkanes) is 36. The van der Waals surface area contributed by atoms with E-state index in [1.54, 1.807) is 6.07 Å². The third-order valence-electron chi connectivity index (χ3n) is 10.8. The zero-order valence-corrected chi connectivity index (χ0v) is 37.8. The summed E-state index contributed by atoms with van der Waals surface area (Å²) in [7, 11) is -4.35. The summed E-state index contributed by atoms with van der Waals surface area (Å²) >= 11 is 0. The second-order valence-corrected chi connectivity index (χ2v) is 17.0. The number of rotatable bonds is 39. The van der Waals surface area contributed by atoms with Crippen molar-refractivity contribution in [2.75, 3.05) is 0 Å². The molecule has 0 spiro atoms. The van der Waals surface area contributed by atoms with Gasteiger partial charge in [-0.1, -0.05) is 250 Å². The van der Waals surface area contributed by atoms with E-state index in [0.717, 1.165) is 18.4 Å². The topological polar surface area (TPSA) is 57.2 Å². The molecule has 0 aliphatic rings. The Labute approximate surface area is 356 Å². The Balaban J connectivity index is 0.0000240. The van der Waals surface area contributed by atoms with Crippen LogP contribution >= 0.6 is 0 Å². The molecule has 0 fully saturated rings. The maximum Gasteiger partial charge on any atom is 1.00 e. The van der Waals surface area contributed by atoms with Crippen LogP contribution in [0.4, 0.5) is 0 Å². The van der Waals surface area contributed by atoms with E-state index >= 15 is 0 Å². The molecular weight excluding hydrogens is 660 g/mol. The Bertz CT molecular complexity index is 919. The van der Waals surface area contributed by atoms with Crippen LogP contribution in [0.1, 0.15) is 250 Å². The number of hydrogen-bond donors (Lipinski definition) is 0. The predicted molar refractivity (Wildman–Crippen MR) is 215 cm³/mol. The van der Waals surface area contributed by atoms with Crippen molar-refractivity contribution in [2.45, 2.75) is 256 Å². The van der Waals surface area contributed by atoms with E-state index in [9.17, 15) is 13.0 Å². The largest absolute Gasteiger partial charge is 1.00 e. The first-order valence-electron chi connectivity index (χ1n) is 22.1. The summed E-state index contributed by atoms with van der Waals surface area (Å²) in [5, 5.41) is 0. The number of hydrogen-bond acceptors (Lipinski definition) is 3. The first-order valence-corrected chi connectivity index (χ1v) is 23.5. The second kappa shape index (κ2) is 39.5. The van der Waals surface area contributed by atoms with Gasteiger partial charge in [0, 0.05) is 0 Å². The molecule has 1 aromatic carbocycles. The molecule has 0 bridgehead atoms. The van der Waals surface area contributed by atoms with Gasteiger partial charge < -0.3 is 4.55 Å². The summed E-state index contributed by atoms with van der Waals surface area (Å²) < 4.78 is 33.5. The molecule has 0 radical (unpaired) electrons. The van der Waals surface area contributed by atoms with Gasteiger partial charge in [-0.2, -0.15) is 0 Å². The average Bonchev–Trinajstić information content (AvgIpc) is 3.09. The van der Waals surface area contributed by atoms with E-state index in [4.69, 9.17) is 0 Å². The van der Waals surface area contributed by atoms with Gasteiger partial charge in [-0.05, 0) is 30.5 Å². The molecule has 0 aliphatic carbocycles. The zero-order valence-electron chi connectivity index (χ0n) is 33.8. The fourth-order valence-electron chi connectivity index (χ4n) is 7.45. The predicted octanol–water partition coefficient (Wildman–Crippen LogP) is 12.6. The molecule has 0 saturated heterocycles. The van der Waals surface area contributed by atoms with Crippen LogP contribution < -0.4 is 51.4 Å². The van der Waals surface area contributed by atoms with Crippen molar-refractivity contribution in [3.05, 3.63) is 29.8 Å². The Morgan fingerprint density at radius 2 is 0.640 bits per heavy atom. The molecule has 288 valence electrons. The van der Waals surface area contributed by atoms with E-state index in [1.165, 1.54) is 243 Å². The van der Waals surface area contributed by atoms with Crippen LogP contribution in [0.2, 0.25) is 0 Å².